The maximum absolute atomic E-state index is 5.34. The van der Waals surface area contributed by atoms with Gasteiger partial charge in [-0.3, -0.25) is 0 Å². The van der Waals surface area contributed by atoms with Gasteiger partial charge in [-0.05, 0) is 12.3 Å². The molecule has 1 unspecified atom stereocenters. The lowest BCUT2D eigenvalue weighted by Gasteiger charge is -2.22. The van der Waals surface area contributed by atoms with Crippen molar-refractivity contribution >= 4 is 0 Å². The Bertz CT molecular complexity index is 135. The molecule has 0 aliphatic heterocycles. The van der Waals surface area contributed by atoms with Gasteiger partial charge in [0.2, 0.25) is 0 Å². The second-order valence-corrected chi connectivity index (χ2v) is 3.81. The third-order valence-electron chi connectivity index (χ3n) is 2.70. The van der Waals surface area contributed by atoms with E-state index in [0.717, 1.165) is 5.92 Å². The Hall–Kier alpha value is -0.440. The summed E-state index contributed by atoms with van der Waals surface area (Å²) in [7, 11) is 0. The third kappa shape index (κ3) is 2.97. The van der Waals surface area contributed by atoms with Crippen molar-refractivity contribution < 1.29 is 0 Å². The molecular weight excluding hydrogens is 132 g/mol. The minimum Gasteiger partial charge on any atom is -0.120 e. The number of rotatable bonds is 2. The van der Waals surface area contributed by atoms with Gasteiger partial charge in [-0.1, -0.05) is 39.0 Å². The standard InChI is InChI=1S/C11H18/c1-3-10(2)9-11-7-5-4-6-8-11/h1,10-11H,4-9H2,2H3. The van der Waals surface area contributed by atoms with Gasteiger partial charge in [0, 0.05) is 5.92 Å². The van der Waals surface area contributed by atoms with Gasteiger partial charge in [-0.25, -0.2) is 0 Å². The van der Waals surface area contributed by atoms with Crippen LogP contribution in [0.3, 0.4) is 0 Å². The predicted octanol–water partition coefficient (Wildman–Crippen LogP) is 3.23. The van der Waals surface area contributed by atoms with E-state index in [1.165, 1.54) is 38.5 Å². The van der Waals surface area contributed by atoms with Crippen LogP contribution in [0.1, 0.15) is 45.4 Å². The summed E-state index contributed by atoms with van der Waals surface area (Å²) >= 11 is 0. The molecule has 1 rings (SSSR count). The van der Waals surface area contributed by atoms with Crippen LogP contribution in [-0.4, -0.2) is 0 Å². The lowest BCUT2D eigenvalue weighted by atomic mass is 9.83. The first-order valence-electron chi connectivity index (χ1n) is 4.79. The van der Waals surface area contributed by atoms with Crippen LogP contribution in [0.2, 0.25) is 0 Å². The van der Waals surface area contributed by atoms with Gasteiger partial charge in [-0.15, -0.1) is 12.3 Å². The van der Waals surface area contributed by atoms with Crippen molar-refractivity contribution in [1.82, 2.24) is 0 Å². The highest BCUT2D eigenvalue weighted by molar-refractivity contribution is 4.91. The van der Waals surface area contributed by atoms with Gasteiger partial charge in [0.15, 0.2) is 0 Å². The molecule has 0 heteroatoms. The van der Waals surface area contributed by atoms with Gasteiger partial charge >= 0.3 is 0 Å². The first kappa shape index (κ1) is 8.65. The maximum Gasteiger partial charge on any atom is 0.0174 e. The average Bonchev–Trinajstić information content (AvgIpc) is 2.06. The highest BCUT2D eigenvalue weighted by atomic mass is 14.2. The van der Waals surface area contributed by atoms with Crippen molar-refractivity contribution in [3.8, 4) is 12.3 Å². The van der Waals surface area contributed by atoms with E-state index < -0.39 is 0 Å². The molecule has 1 aliphatic carbocycles. The second-order valence-electron chi connectivity index (χ2n) is 3.81. The highest BCUT2D eigenvalue weighted by Crippen LogP contribution is 2.28. The normalized spacial score (nSPS) is 22.5. The predicted molar refractivity (Wildman–Crippen MR) is 49.2 cm³/mol. The lowest BCUT2D eigenvalue weighted by molar-refractivity contribution is 0.318. The lowest BCUT2D eigenvalue weighted by Crippen LogP contribution is -2.09. The Morgan fingerprint density at radius 3 is 2.55 bits per heavy atom. The molecule has 0 aromatic carbocycles. The fourth-order valence-electron chi connectivity index (χ4n) is 1.99. The third-order valence-corrected chi connectivity index (χ3v) is 2.70. The van der Waals surface area contributed by atoms with E-state index in [9.17, 15) is 0 Å². The summed E-state index contributed by atoms with van der Waals surface area (Å²) in [5.74, 6) is 4.25. The topological polar surface area (TPSA) is 0 Å². The summed E-state index contributed by atoms with van der Waals surface area (Å²) in [6.45, 7) is 2.16. The van der Waals surface area contributed by atoms with Crippen molar-refractivity contribution in [1.29, 1.82) is 0 Å². The van der Waals surface area contributed by atoms with Crippen LogP contribution in [0.25, 0.3) is 0 Å². The van der Waals surface area contributed by atoms with E-state index >= 15 is 0 Å². The summed E-state index contributed by atoms with van der Waals surface area (Å²) in [6.07, 6.45) is 13.8. The summed E-state index contributed by atoms with van der Waals surface area (Å²) < 4.78 is 0. The minimum atomic E-state index is 0.498. The molecule has 1 aliphatic rings. The molecule has 0 aromatic heterocycles. The average molecular weight is 150 g/mol. The van der Waals surface area contributed by atoms with E-state index in [-0.39, 0.29) is 0 Å². The molecule has 1 atom stereocenters. The summed E-state index contributed by atoms with van der Waals surface area (Å²) in [5.41, 5.74) is 0. The van der Waals surface area contributed by atoms with E-state index in [1.807, 2.05) is 0 Å². The molecule has 62 valence electrons. The van der Waals surface area contributed by atoms with E-state index in [4.69, 9.17) is 6.42 Å². The molecule has 0 nitrogen and oxygen atoms in total. The highest BCUT2D eigenvalue weighted by Gasteiger charge is 2.14. The molecule has 0 heterocycles. The van der Waals surface area contributed by atoms with Crippen LogP contribution in [0.4, 0.5) is 0 Å². The zero-order chi connectivity index (χ0) is 8.10. The molecular formula is C11H18. The largest absolute Gasteiger partial charge is 0.120 e. The smallest absolute Gasteiger partial charge is 0.0174 e. The molecule has 0 spiro atoms. The number of terminal acetylenes is 1. The molecule has 0 amide bonds. The van der Waals surface area contributed by atoms with Crippen molar-refractivity contribution in [2.45, 2.75) is 45.4 Å². The van der Waals surface area contributed by atoms with Gasteiger partial charge in [0.25, 0.3) is 0 Å². The van der Waals surface area contributed by atoms with Crippen LogP contribution in [0.5, 0.6) is 0 Å². The second kappa shape index (κ2) is 4.44. The quantitative estimate of drug-likeness (QED) is 0.530. The van der Waals surface area contributed by atoms with Crippen LogP contribution in [-0.2, 0) is 0 Å². The Labute approximate surface area is 70.4 Å². The monoisotopic (exact) mass is 150 g/mol. The molecule has 1 saturated carbocycles. The van der Waals surface area contributed by atoms with Crippen molar-refractivity contribution in [2.24, 2.45) is 11.8 Å². The Morgan fingerprint density at radius 2 is 2.00 bits per heavy atom. The molecule has 11 heavy (non-hydrogen) atoms. The molecule has 0 saturated heterocycles. The molecule has 0 radical (unpaired) electrons. The molecule has 0 bridgehead atoms. The SMILES string of the molecule is C#CC(C)CC1CCCCC1. The molecule has 1 fully saturated rings. The van der Waals surface area contributed by atoms with Crippen molar-refractivity contribution in [2.75, 3.05) is 0 Å². The van der Waals surface area contributed by atoms with E-state index in [1.54, 1.807) is 0 Å². The van der Waals surface area contributed by atoms with Gasteiger partial charge in [0.1, 0.15) is 0 Å². The van der Waals surface area contributed by atoms with Crippen LogP contribution < -0.4 is 0 Å². The maximum atomic E-state index is 5.34. The van der Waals surface area contributed by atoms with E-state index in [2.05, 4.69) is 12.8 Å². The number of hydrogen-bond acceptors (Lipinski definition) is 0. The Morgan fingerprint density at radius 1 is 1.36 bits per heavy atom. The van der Waals surface area contributed by atoms with Gasteiger partial charge < -0.3 is 0 Å². The van der Waals surface area contributed by atoms with Gasteiger partial charge in [-0.2, -0.15) is 0 Å². The minimum absolute atomic E-state index is 0.498. The van der Waals surface area contributed by atoms with Crippen molar-refractivity contribution in [3.63, 3.8) is 0 Å². The first-order valence-corrected chi connectivity index (χ1v) is 4.79. The summed E-state index contributed by atoms with van der Waals surface area (Å²) in [5, 5.41) is 0. The molecule has 0 N–H and O–H groups in total. The zero-order valence-corrected chi connectivity index (χ0v) is 7.47. The first-order chi connectivity index (χ1) is 5.33. The Balaban J connectivity index is 2.20. The fraction of sp³-hybridized carbons (Fsp3) is 0.818. The van der Waals surface area contributed by atoms with Crippen molar-refractivity contribution in [3.05, 3.63) is 0 Å². The summed E-state index contributed by atoms with van der Waals surface area (Å²) in [4.78, 5) is 0. The van der Waals surface area contributed by atoms with Crippen LogP contribution >= 0.6 is 0 Å². The number of hydrogen-bond donors (Lipinski definition) is 0. The zero-order valence-electron chi connectivity index (χ0n) is 7.47. The van der Waals surface area contributed by atoms with Crippen LogP contribution in [0, 0.1) is 24.2 Å². The molecule has 0 aromatic rings. The fourth-order valence-corrected chi connectivity index (χ4v) is 1.99. The van der Waals surface area contributed by atoms with Gasteiger partial charge in [0.05, 0.1) is 0 Å². The van der Waals surface area contributed by atoms with E-state index in [0.29, 0.717) is 5.92 Å². The Kier molecular flexibility index (Phi) is 3.49. The summed E-state index contributed by atoms with van der Waals surface area (Å²) in [6, 6.07) is 0. The van der Waals surface area contributed by atoms with Crippen LogP contribution in [0.15, 0.2) is 0 Å².